The second-order valence-corrected chi connectivity index (χ2v) is 6.10. The van der Waals surface area contributed by atoms with Crippen LogP contribution in [0.3, 0.4) is 0 Å². The quantitative estimate of drug-likeness (QED) is 0.552. The van der Waals surface area contributed by atoms with Gasteiger partial charge in [-0.3, -0.25) is 14.4 Å². The van der Waals surface area contributed by atoms with Crippen LogP contribution in [0.5, 0.6) is 0 Å². The van der Waals surface area contributed by atoms with Gasteiger partial charge in [0, 0.05) is 18.0 Å². The van der Waals surface area contributed by atoms with Crippen LogP contribution in [0.4, 0.5) is 0 Å². The Morgan fingerprint density at radius 1 is 1.08 bits per heavy atom. The van der Waals surface area contributed by atoms with Crippen molar-refractivity contribution in [1.29, 1.82) is 0 Å². The molecule has 25 heavy (non-hydrogen) atoms. The average molecular weight is 369 g/mol. The van der Waals surface area contributed by atoms with Gasteiger partial charge in [-0.1, -0.05) is 18.6 Å². The SMILES string of the molecule is Cl.NC[C@H]1CCC[C@H]1C(=O)NCc1ccc(C(=O)NCC(N)=O)cc1. The first kappa shape index (κ1) is 20.9. The van der Waals surface area contributed by atoms with E-state index in [1.807, 2.05) is 0 Å². The molecule has 0 aromatic heterocycles. The van der Waals surface area contributed by atoms with Crippen molar-refractivity contribution in [2.75, 3.05) is 13.1 Å². The van der Waals surface area contributed by atoms with Crippen molar-refractivity contribution in [2.24, 2.45) is 23.3 Å². The van der Waals surface area contributed by atoms with Crippen LogP contribution in [0.2, 0.25) is 0 Å². The van der Waals surface area contributed by atoms with Gasteiger partial charge in [-0.25, -0.2) is 0 Å². The number of halogens is 1. The summed E-state index contributed by atoms with van der Waals surface area (Å²) in [6.07, 6.45) is 2.96. The summed E-state index contributed by atoms with van der Waals surface area (Å²) in [7, 11) is 0. The number of amides is 3. The maximum atomic E-state index is 12.2. The Labute approximate surface area is 153 Å². The van der Waals surface area contributed by atoms with E-state index in [9.17, 15) is 14.4 Å². The number of carbonyl (C=O) groups excluding carboxylic acids is 3. The number of benzene rings is 1. The molecule has 0 radical (unpaired) electrons. The number of nitrogens with two attached hydrogens (primary N) is 2. The number of rotatable bonds is 7. The first-order chi connectivity index (χ1) is 11.5. The molecular formula is C17H25ClN4O3. The zero-order valence-electron chi connectivity index (χ0n) is 14.0. The van der Waals surface area contributed by atoms with Crippen molar-refractivity contribution < 1.29 is 14.4 Å². The second-order valence-electron chi connectivity index (χ2n) is 6.10. The van der Waals surface area contributed by atoms with E-state index < -0.39 is 5.91 Å². The molecule has 1 fully saturated rings. The summed E-state index contributed by atoms with van der Waals surface area (Å²) < 4.78 is 0. The summed E-state index contributed by atoms with van der Waals surface area (Å²) in [6, 6.07) is 6.84. The lowest BCUT2D eigenvalue weighted by atomic mass is 9.95. The molecule has 0 bridgehead atoms. The zero-order valence-corrected chi connectivity index (χ0v) is 14.8. The van der Waals surface area contributed by atoms with Gasteiger partial charge in [0.1, 0.15) is 0 Å². The van der Waals surface area contributed by atoms with Gasteiger partial charge in [-0.15, -0.1) is 12.4 Å². The highest BCUT2D eigenvalue weighted by molar-refractivity contribution is 5.96. The molecular weight excluding hydrogens is 344 g/mol. The van der Waals surface area contributed by atoms with Gasteiger partial charge in [0.25, 0.3) is 5.91 Å². The van der Waals surface area contributed by atoms with Gasteiger partial charge in [0.05, 0.1) is 6.54 Å². The third-order valence-corrected chi connectivity index (χ3v) is 4.40. The molecule has 2 atom stereocenters. The molecule has 1 aromatic carbocycles. The molecule has 138 valence electrons. The maximum Gasteiger partial charge on any atom is 0.251 e. The molecule has 0 aliphatic heterocycles. The maximum absolute atomic E-state index is 12.2. The third kappa shape index (κ3) is 6.03. The number of nitrogens with one attached hydrogen (secondary N) is 2. The topological polar surface area (TPSA) is 127 Å². The Hall–Kier alpha value is -2.12. The molecule has 1 saturated carbocycles. The molecule has 7 nitrogen and oxygen atoms in total. The van der Waals surface area contributed by atoms with Crippen molar-refractivity contribution in [3.8, 4) is 0 Å². The lowest BCUT2D eigenvalue weighted by Crippen LogP contribution is -2.34. The molecule has 0 unspecified atom stereocenters. The van der Waals surface area contributed by atoms with E-state index in [1.54, 1.807) is 24.3 Å². The second kappa shape index (κ2) is 10.0. The van der Waals surface area contributed by atoms with Crippen LogP contribution >= 0.6 is 12.4 Å². The minimum Gasteiger partial charge on any atom is -0.368 e. The normalized spacial score (nSPS) is 18.9. The largest absolute Gasteiger partial charge is 0.368 e. The van der Waals surface area contributed by atoms with Crippen LogP contribution in [0.25, 0.3) is 0 Å². The number of hydrogen-bond donors (Lipinski definition) is 4. The average Bonchev–Trinajstić information content (AvgIpc) is 3.06. The van der Waals surface area contributed by atoms with Crippen molar-refractivity contribution >= 4 is 30.1 Å². The smallest absolute Gasteiger partial charge is 0.251 e. The summed E-state index contributed by atoms with van der Waals surface area (Å²) in [4.78, 5) is 34.7. The van der Waals surface area contributed by atoms with Crippen molar-refractivity contribution in [3.63, 3.8) is 0 Å². The highest BCUT2D eigenvalue weighted by atomic mass is 35.5. The van der Waals surface area contributed by atoms with Crippen LogP contribution in [0.15, 0.2) is 24.3 Å². The van der Waals surface area contributed by atoms with Crippen LogP contribution < -0.4 is 22.1 Å². The van der Waals surface area contributed by atoms with Crippen LogP contribution in [-0.2, 0) is 16.1 Å². The monoisotopic (exact) mass is 368 g/mol. The summed E-state index contributed by atoms with van der Waals surface area (Å²) in [5.41, 5.74) is 12.0. The lowest BCUT2D eigenvalue weighted by Gasteiger charge is -2.17. The van der Waals surface area contributed by atoms with Gasteiger partial charge < -0.3 is 22.1 Å². The fraction of sp³-hybridized carbons (Fsp3) is 0.471. The molecule has 1 aromatic rings. The van der Waals surface area contributed by atoms with Crippen LogP contribution in [-0.4, -0.2) is 30.8 Å². The fourth-order valence-corrected chi connectivity index (χ4v) is 3.03. The van der Waals surface area contributed by atoms with Gasteiger partial charge in [-0.05, 0) is 43.0 Å². The predicted molar refractivity (Wildman–Crippen MR) is 96.9 cm³/mol. The van der Waals surface area contributed by atoms with Crippen molar-refractivity contribution in [1.82, 2.24) is 10.6 Å². The summed E-state index contributed by atoms with van der Waals surface area (Å²) in [5, 5.41) is 5.36. The van der Waals surface area contributed by atoms with Crippen LogP contribution in [0, 0.1) is 11.8 Å². The molecule has 1 aliphatic rings. The predicted octanol–water partition coefficient (Wildman–Crippen LogP) is 0.315. The van der Waals surface area contributed by atoms with E-state index in [4.69, 9.17) is 11.5 Å². The Kier molecular flexibility index (Phi) is 8.37. The number of carbonyl (C=O) groups is 3. The third-order valence-electron chi connectivity index (χ3n) is 4.40. The first-order valence-electron chi connectivity index (χ1n) is 8.14. The molecule has 1 aliphatic carbocycles. The highest BCUT2D eigenvalue weighted by Crippen LogP contribution is 2.30. The van der Waals surface area contributed by atoms with Crippen LogP contribution in [0.1, 0.15) is 35.2 Å². The summed E-state index contributed by atoms with van der Waals surface area (Å²) in [5.74, 6) is -0.618. The molecule has 0 spiro atoms. The molecule has 3 amide bonds. The van der Waals surface area contributed by atoms with Crippen molar-refractivity contribution in [3.05, 3.63) is 35.4 Å². The molecule has 0 heterocycles. The first-order valence-corrected chi connectivity index (χ1v) is 8.14. The highest BCUT2D eigenvalue weighted by Gasteiger charge is 2.31. The molecule has 6 N–H and O–H groups in total. The van der Waals surface area contributed by atoms with Gasteiger partial charge >= 0.3 is 0 Å². The van der Waals surface area contributed by atoms with E-state index in [0.29, 0.717) is 18.7 Å². The summed E-state index contributed by atoms with van der Waals surface area (Å²) >= 11 is 0. The molecule has 8 heteroatoms. The van der Waals surface area contributed by atoms with Crippen molar-refractivity contribution in [2.45, 2.75) is 25.8 Å². The lowest BCUT2D eigenvalue weighted by molar-refractivity contribution is -0.126. The van der Waals surface area contributed by atoms with Gasteiger partial charge in [0.15, 0.2) is 0 Å². The molecule has 0 saturated heterocycles. The zero-order chi connectivity index (χ0) is 17.5. The standard InChI is InChI=1S/C17H24N4O3.ClH/c18-8-13-2-1-3-14(13)17(24)20-9-11-4-6-12(7-5-11)16(23)21-10-15(19)22;/h4-7,13-14H,1-3,8-10,18H2,(H2,19,22)(H,20,24)(H,21,23);1H/t13-,14-;/m1./s1. The van der Waals surface area contributed by atoms with Gasteiger partial charge in [0.2, 0.25) is 11.8 Å². The van der Waals surface area contributed by atoms with Gasteiger partial charge in [-0.2, -0.15) is 0 Å². The van der Waals surface area contributed by atoms with E-state index in [2.05, 4.69) is 10.6 Å². The number of hydrogen-bond acceptors (Lipinski definition) is 4. The molecule has 2 rings (SSSR count). The summed E-state index contributed by atoms with van der Waals surface area (Å²) in [6.45, 7) is 0.767. The van der Waals surface area contributed by atoms with E-state index in [0.717, 1.165) is 24.8 Å². The van der Waals surface area contributed by atoms with E-state index >= 15 is 0 Å². The minimum atomic E-state index is -0.592. The Balaban J connectivity index is 0.00000312. The fourth-order valence-electron chi connectivity index (χ4n) is 3.03. The van der Waals surface area contributed by atoms with E-state index in [1.165, 1.54) is 0 Å². The number of primary amides is 1. The minimum absolute atomic E-state index is 0. The Morgan fingerprint density at radius 2 is 1.76 bits per heavy atom. The Morgan fingerprint density at radius 3 is 2.36 bits per heavy atom. The van der Waals surface area contributed by atoms with E-state index in [-0.39, 0.29) is 42.6 Å². The Bertz CT molecular complexity index is 606.